The Kier molecular flexibility index (Phi) is 5.89. The Balaban J connectivity index is 1.76. The van der Waals surface area contributed by atoms with Crippen molar-refractivity contribution in [2.75, 3.05) is 20.1 Å². The summed E-state index contributed by atoms with van der Waals surface area (Å²) in [5, 5.41) is 0. The minimum absolute atomic E-state index is 0.0610. The summed E-state index contributed by atoms with van der Waals surface area (Å²) >= 11 is 0. The maximum atomic E-state index is 12.9. The number of carbonyl (C=O) groups excluding carboxylic acids is 1. The largest absolute Gasteiger partial charge is 0.337 e. The molecule has 26 heavy (non-hydrogen) atoms. The van der Waals surface area contributed by atoms with Crippen LogP contribution in [-0.2, 0) is 19.5 Å². The van der Waals surface area contributed by atoms with Crippen molar-refractivity contribution in [3.63, 3.8) is 0 Å². The van der Waals surface area contributed by atoms with Gasteiger partial charge in [-0.1, -0.05) is 31.2 Å². The van der Waals surface area contributed by atoms with E-state index in [2.05, 4.69) is 28.1 Å². The van der Waals surface area contributed by atoms with Gasteiger partial charge in [0.15, 0.2) is 0 Å². The number of pyridine rings is 1. The fourth-order valence-corrected chi connectivity index (χ4v) is 3.58. The van der Waals surface area contributed by atoms with Gasteiger partial charge in [-0.2, -0.15) is 0 Å². The normalized spacial score (nSPS) is 14.5. The maximum absolute atomic E-state index is 12.9. The first-order valence-corrected chi connectivity index (χ1v) is 9.35. The number of nitrogens with zero attached hydrogens (tertiary/aromatic N) is 2. The van der Waals surface area contributed by atoms with Crippen LogP contribution in [0.15, 0.2) is 41.2 Å². The van der Waals surface area contributed by atoms with Gasteiger partial charge in [0.05, 0.1) is 5.56 Å². The second-order valence-electron chi connectivity index (χ2n) is 6.98. The molecule has 2 aromatic rings. The monoisotopic (exact) mass is 353 g/mol. The third-order valence-electron chi connectivity index (χ3n) is 5.05. The number of carbonyl (C=O) groups is 1. The highest BCUT2D eigenvalue weighted by molar-refractivity contribution is 5.95. The summed E-state index contributed by atoms with van der Waals surface area (Å²) < 4.78 is 0. The van der Waals surface area contributed by atoms with Gasteiger partial charge in [0.25, 0.3) is 5.91 Å². The van der Waals surface area contributed by atoms with Crippen molar-refractivity contribution >= 4 is 5.91 Å². The molecule has 1 N–H and O–H groups in total. The molecule has 0 saturated carbocycles. The second-order valence-corrected chi connectivity index (χ2v) is 6.98. The summed E-state index contributed by atoms with van der Waals surface area (Å²) in [5.41, 5.74) is 3.56. The zero-order chi connectivity index (χ0) is 18.5. The zero-order valence-corrected chi connectivity index (χ0v) is 15.6. The smallest absolute Gasteiger partial charge is 0.255 e. The van der Waals surface area contributed by atoms with E-state index in [9.17, 15) is 9.59 Å². The summed E-state index contributed by atoms with van der Waals surface area (Å²) in [7, 11) is 1.82. The number of nitrogens with one attached hydrogen (secondary N) is 1. The quantitative estimate of drug-likeness (QED) is 0.869. The van der Waals surface area contributed by atoms with Crippen LogP contribution >= 0.6 is 0 Å². The maximum Gasteiger partial charge on any atom is 0.255 e. The Hall–Kier alpha value is -2.40. The summed E-state index contributed by atoms with van der Waals surface area (Å²) in [6, 6.07) is 11.4. The minimum atomic E-state index is -0.169. The molecule has 5 nitrogen and oxygen atoms in total. The molecule has 2 heterocycles. The lowest BCUT2D eigenvalue weighted by molar-refractivity contribution is 0.0783. The molecule has 1 fully saturated rings. The van der Waals surface area contributed by atoms with E-state index in [0.717, 1.165) is 19.6 Å². The lowest BCUT2D eigenvalue weighted by Crippen LogP contribution is -2.29. The molecule has 138 valence electrons. The van der Waals surface area contributed by atoms with E-state index in [0.29, 0.717) is 24.2 Å². The van der Waals surface area contributed by atoms with Crippen molar-refractivity contribution in [2.45, 2.75) is 39.3 Å². The van der Waals surface area contributed by atoms with Gasteiger partial charge in [0.2, 0.25) is 5.56 Å². The molecular formula is C21H27N3O2. The molecule has 1 aromatic carbocycles. The van der Waals surface area contributed by atoms with Crippen LogP contribution in [-0.4, -0.2) is 40.8 Å². The predicted octanol–water partition coefficient (Wildman–Crippen LogP) is 2.81. The van der Waals surface area contributed by atoms with Crippen LogP contribution in [0.25, 0.3) is 0 Å². The Labute approximate surface area is 154 Å². The number of aromatic nitrogens is 1. The molecule has 0 aliphatic carbocycles. The van der Waals surface area contributed by atoms with Gasteiger partial charge < -0.3 is 9.88 Å². The van der Waals surface area contributed by atoms with E-state index < -0.39 is 0 Å². The van der Waals surface area contributed by atoms with Crippen LogP contribution in [0.5, 0.6) is 0 Å². The lowest BCUT2D eigenvalue weighted by atomic mass is 10.1. The van der Waals surface area contributed by atoms with Crippen LogP contribution in [0.3, 0.4) is 0 Å². The zero-order valence-electron chi connectivity index (χ0n) is 15.6. The summed E-state index contributed by atoms with van der Waals surface area (Å²) in [6.45, 7) is 5.75. The third-order valence-corrected chi connectivity index (χ3v) is 5.05. The van der Waals surface area contributed by atoms with Gasteiger partial charge in [-0.05, 0) is 49.5 Å². The Morgan fingerprint density at radius 2 is 1.81 bits per heavy atom. The van der Waals surface area contributed by atoms with E-state index in [-0.39, 0.29) is 11.5 Å². The number of likely N-dealkylation sites (tertiary alicyclic amines) is 1. The van der Waals surface area contributed by atoms with Crippen molar-refractivity contribution in [3.05, 3.63) is 69.1 Å². The molecule has 0 spiro atoms. The standard InChI is InChI=1S/C21H27N3O2/c1-3-19-18(10-11-20(25)22-19)21(26)23(2)14-16-8-4-5-9-17(16)15-24-12-6-7-13-24/h4-5,8-11H,3,6-7,12-15H2,1-2H3,(H,22,25). The first-order valence-electron chi connectivity index (χ1n) is 9.35. The molecule has 1 saturated heterocycles. The second kappa shape index (κ2) is 8.32. The van der Waals surface area contributed by atoms with E-state index in [4.69, 9.17) is 0 Å². The van der Waals surface area contributed by atoms with Crippen molar-refractivity contribution in [3.8, 4) is 0 Å². The number of aryl methyl sites for hydroxylation is 1. The fourth-order valence-electron chi connectivity index (χ4n) is 3.58. The van der Waals surface area contributed by atoms with Crippen LogP contribution in [0.4, 0.5) is 0 Å². The first kappa shape index (κ1) is 18.4. The SMILES string of the molecule is CCc1[nH]c(=O)ccc1C(=O)N(C)Cc1ccccc1CN1CCCC1. The van der Waals surface area contributed by atoms with E-state index in [1.807, 2.05) is 20.0 Å². The molecule has 1 aliphatic rings. The molecule has 0 unspecified atom stereocenters. The third kappa shape index (κ3) is 4.22. The lowest BCUT2D eigenvalue weighted by Gasteiger charge is -2.22. The van der Waals surface area contributed by atoms with Crippen molar-refractivity contribution in [1.82, 2.24) is 14.8 Å². The molecule has 0 bridgehead atoms. The van der Waals surface area contributed by atoms with Gasteiger partial charge in [0.1, 0.15) is 0 Å². The number of hydrogen-bond donors (Lipinski definition) is 1. The molecule has 0 radical (unpaired) electrons. The molecule has 0 atom stereocenters. The first-order chi connectivity index (χ1) is 12.6. The van der Waals surface area contributed by atoms with Crippen LogP contribution in [0.1, 0.15) is 46.9 Å². The number of hydrogen-bond acceptors (Lipinski definition) is 3. The molecule has 1 aromatic heterocycles. The molecule has 1 amide bonds. The van der Waals surface area contributed by atoms with Crippen LogP contribution < -0.4 is 5.56 Å². The average Bonchev–Trinajstić information content (AvgIpc) is 3.15. The van der Waals surface area contributed by atoms with Gasteiger partial charge in [-0.15, -0.1) is 0 Å². The highest BCUT2D eigenvalue weighted by Crippen LogP contribution is 2.18. The Bertz CT molecular complexity index is 822. The Morgan fingerprint density at radius 3 is 2.50 bits per heavy atom. The van der Waals surface area contributed by atoms with Crippen molar-refractivity contribution in [2.24, 2.45) is 0 Å². The van der Waals surface area contributed by atoms with E-state index in [1.165, 1.54) is 30.0 Å². The highest BCUT2D eigenvalue weighted by Gasteiger charge is 2.18. The van der Waals surface area contributed by atoms with Crippen LogP contribution in [0, 0.1) is 0 Å². The number of amides is 1. The number of aromatic amines is 1. The predicted molar refractivity (Wildman–Crippen MR) is 103 cm³/mol. The summed E-state index contributed by atoms with van der Waals surface area (Å²) in [5.74, 6) is -0.0610. The number of H-pyrrole nitrogens is 1. The van der Waals surface area contributed by atoms with Crippen molar-refractivity contribution in [1.29, 1.82) is 0 Å². The van der Waals surface area contributed by atoms with E-state index >= 15 is 0 Å². The summed E-state index contributed by atoms with van der Waals surface area (Å²) in [6.07, 6.45) is 3.16. The van der Waals surface area contributed by atoms with Gasteiger partial charge in [-0.3, -0.25) is 14.5 Å². The van der Waals surface area contributed by atoms with Gasteiger partial charge >= 0.3 is 0 Å². The fraction of sp³-hybridized carbons (Fsp3) is 0.429. The van der Waals surface area contributed by atoms with Gasteiger partial charge in [0, 0.05) is 31.9 Å². The average molecular weight is 353 g/mol. The molecule has 3 rings (SSSR count). The number of benzene rings is 1. The Morgan fingerprint density at radius 1 is 1.12 bits per heavy atom. The van der Waals surface area contributed by atoms with Gasteiger partial charge in [-0.25, -0.2) is 0 Å². The van der Waals surface area contributed by atoms with E-state index in [1.54, 1.807) is 11.0 Å². The van der Waals surface area contributed by atoms with Crippen molar-refractivity contribution < 1.29 is 4.79 Å². The summed E-state index contributed by atoms with van der Waals surface area (Å²) in [4.78, 5) is 31.4. The van der Waals surface area contributed by atoms with Crippen LogP contribution in [0.2, 0.25) is 0 Å². The number of rotatable bonds is 6. The molecule has 5 heteroatoms. The minimum Gasteiger partial charge on any atom is -0.337 e. The topological polar surface area (TPSA) is 56.4 Å². The molecule has 1 aliphatic heterocycles. The highest BCUT2D eigenvalue weighted by atomic mass is 16.2. The molecular weight excluding hydrogens is 326 g/mol.